The maximum atomic E-state index is 12.1. The van der Waals surface area contributed by atoms with E-state index in [0.717, 1.165) is 32.1 Å². The van der Waals surface area contributed by atoms with Gasteiger partial charge in [-0.25, -0.2) is 0 Å². The Balaban J connectivity index is 4.54. The van der Waals surface area contributed by atoms with E-state index in [1.807, 2.05) is 13.8 Å². The van der Waals surface area contributed by atoms with Gasteiger partial charge in [0, 0.05) is 0 Å². The minimum Gasteiger partial charge on any atom is -0.465 e. The van der Waals surface area contributed by atoms with E-state index in [9.17, 15) is 9.59 Å². The summed E-state index contributed by atoms with van der Waals surface area (Å²) in [6.45, 7) is 8.62. The molecule has 0 aliphatic heterocycles. The van der Waals surface area contributed by atoms with Crippen LogP contribution < -0.4 is 0 Å². The smallest absolute Gasteiger partial charge is 0.309 e. The fourth-order valence-corrected chi connectivity index (χ4v) is 1.99. The summed E-state index contributed by atoms with van der Waals surface area (Å²) < 4.78 is 10.4. The molecule has 0 heterocycles. The molecule has 0 aromatic carbocycles. The molecule has 0 amide bonds. The predicted molar refractivity (Wildman–Crippen MR) is 79.3 cm³/mol. The summed E-state index contributed by atoms with van der Waals surface area (Å²) in [5.41, 5.74) is 0. The van der Waals surface area contributed by atoms with Gasteiger partial charge in [0.05, 0.1) is 25.0 Å². The first kappa shape index (κ1) is 18.9. The fourth-order valence-electron chi connectivity index (χ4n) is 1.99. The van der Waals surface area contributed by atoms with Crippen LogP contribution in [0.15, 0.2) is 0 Å². The number of rotatable bonds is 11. The first-order valence-electron chi connectivity index (χ1n) is 7.91. The van der Waals surface area contributed by atoms with E-state index in [1.54, 1.807) is 6.92 Å². The van der Waals surface area contributed by atoms with Gasteiger partial charge in [-0.1, -0.05) is 47.0 Å². The zero-order chi connectivity index (χ0) is 15.4. The van der Waals surface area contributed by atoms with Crippen LogP contribution in [0, 0.1) is 11.8 Å². The summed E-state index contributed by atoms with van der Waals surface area (Å²) in [5, 5.41) is 0. The maximum absolute atomic E-state index is 12.1. The molecular formula is C16H30O4. The Morgan fingerprint density at radius 1 is 0.850 bits per heavy atom. The van der Waals surface area contributed by atoms with Crippen LogP contribution in [0.1, 0.15) is 66.2 Å². The van der Waals surface area contributed by atoms with Crippen molar-refractivity contribution >= 4 is 11.9 Å². The summed E-state index contributed by atoms with van der Waals surface area (Å²) >= 11 is 0. The molecule has 0 saturated heterocycles. The van der Waals surface area contributed by atoms with Crippen molar-refractivity contribution < 1.29 is 19.1 Å². The molecule has 4 nitrogen and oxygen atoms in total. The van der Waals surface area contributed by atoms with Crippen molar-refractivity contribution in [3.05, 3.63) is 0 Å². The lowest BCUT2D eigenvalue weighted by Gasteiger charge is -2.21. The molecule has 20 heavy (non-hydrogen) atoms. The minimum atomic E-state index is -0.428. The quantitative estimate of drug-likeness (QED) is 0.429. The van der Waals surface area contributed by atoms with Crippen LogP contribution in [-0.2, 0) is 19.1 Å². The molecule has 0 aromatic rings. The first-order valence-corrected chi connectivity index (χ1v) is 7.91. The summed E-state index contributed by atoms with van der Waals surface area (Å²) in [6, 6.07) is 0. The van der Waals surface area contributed by atoms with Crippen molar-refractivity contribution in [1.82, 2.24) is 0 Å². The summed E-state index contributed by atoms with van der Waals surface area (Å²) in [6.07, 6.45) is 5.37. The van der Waals surface area contributed by atoms with E-state index in [1.165, 1.54) is 0 Å². The maximum Gasteiger partial charge on any atom is 0.309 e. The van der Waals surface area contributed by atoms with Crippen LogP contribution in [0.25, 0.3) is 0 Å². The van der Waals surface area contributed by atoms with Gasteiger partial charge < -0.3 is 9.47 Å². The average Bonchev–Trinajstić information content (AvgIpc) is 2.46. The van der Waals surface area contributed by atoms with Gasteiger partial charge in [0.2, 0.25) is 0 Å². The molecule has 0 aromatic heterocycles. The Morgan fingerprint density at radius 2 is 1.40 bits per heavy atom. The topological polar surface area (TPSA) is 52.6 Å². The zero-order valence-corrected chi connectivity index (χ0v) is 13.4. The Hall–Kier alpha value is -1.06. The van der Waals surface area contributed by atoms with Gasteiger partial charge in [0.25, 0.3) is 0 Å². The third-order valence-corrected chi connectivity index (χ3v) is 3.29. The van der Waals surface area contributed by atoms with Gasteiger partial charge in [0.1, 0.15) is 0 Å². The second-order valence-corrected chi connectivity index (χ2v) is 5.23. The normalized spacial score (nSPS) is 13.6. The fraction of sp³-hybridized carbons (Fsp3) is 0.875. The van der Waals surface area contributed by atoms with Gasteiger partial charge >= 0.3 is 11.9 Å². The van der Waals surface area contributed by atoms with Crippen LogP contribution >= 0.6 is 0 Å². The highest BCUT2D eigenvalue weighted by molar-refractivity contribution is 5.81. The van der Waals surface area contributed by atoms with E-state index in [2.05, 4.69) is 6.92 Å². The molecule has 0 saturated carbocycles. The van der Waals surface area contributed by atoms with E-state index >= 15 is 0 Å². The Morgan fingerprint density at radius 3 is 1.90 bits per heavy atom. The first-order chi connectivity index (χ1) is 9.58. The molecule has 0 radical (unpaired) electrons. The molecule has 118 valence electrons. The number of esters is 2. The van der Waals surface area contributed by atoms with Crippen LogP contribution in [0.4, 0.5) is 0 Å². The molecule has 0 N–H and O–H groups in total. The lowest BCUT2D eigenvalue weighted by molar-refractivity contribution is -0.160. The van der Waals surface area contributed by atoms with Gasteiger partial charge in [-0.05, 0) is 19.3 Å². The van der Waals surface area contributed by atoms with Crippen molar-refractivity contribution in [1.29, 1.82) is 0 Å². The van der Waals surface area contributed by atoms with Gasteiger partial charge in [0.15, 0.2) is 0 Å². The van der Waals surface area contributed by atoms with Gasteiger partial charge in [-0.15, -0.1) is 0 Å². The Labute approximate surface area is 123 Å². The summed E-state index contributed by atoms with van der Waals surface area (Å²) in [5.74, 6) is -1.36. The monoisotopic (exact) mass is 286 g/mol. The number of ether oxygens (including phenoxy) is 2. The largest absolute Gasteiger partial charge is 0.465 e. The molecule has 0 aliphatic carbocycles. The van der Waals surface area contributed by atoms with Crippen LogP contribution in [0.3, 0.4) is 0 Å². The standard InChI is InChI=1S/C16H30O4/c1-5-8-9-10-14(16(18)20-12-7-3)13(4)15(17)19-11-6-2/h13-14H,5-12H2,1-4H3. The molecule has 0 bridgehead atoms. The van der Waals surface area contributed by atoms with Crippen molar-refractivity contribution in [3.8, 4) is 0 Å². The average molecular weight is 286 g/mol. The second kappa shape index (κ2) is 11.7. The lowest BCUT2D eigenvalue weighted by atomic mass is 9.89. The second-order valence-electron chi connectivity index (χ2n) is 5.23. The molecule has 2 unspecified atom stereocenters. The predicted octanol–water partition coefficient (Wildman–Crippen LogP) is 3.73. The molecule has 0 spiro atoms. The number of carbonyl (C=O) groups excluding carboxylic acids is 2. The van der Waals surface area contributed by atoms with E-state index in [4.69, 9.17) is 9.47 Å². The molecule has 0 rings (SSSR count). The van der Waals surface area contributed by atoms with Crippen molar-refractivity contribution in [2.24, 2.45) is 11.8 Å². The number of unbranched alkanes of at least 4 members (excludes halogenated alkanes) is 2. The van der Waals surface area contributed by atoms with Crippen LogP contribution in [0.2, 0.25) is 0 Å². The number of hydrogen-bond donors (Lipinski definition) is 0. The summed E-state index contributed by atoms with van der Waals surface area (Å²) in [7, 11) is 0. The SMILES string of the molecule is CCCCCC(C(=O)OCCC)C(C)C(=O)OCCC. The molecule has 0 aliphatic rings. The van der Waals surface area contributed by atoms with Crippen molar-refractivity contribution in [3.63, 3.8) is 0 Å². The Kier molecular flexibility index (Phi) is 11.1. The molecule has 4 heteroatoms. The molecular weight excluding hydrogens is 256 g/mol. The number of hydrogen-bond acceptors (Lipinski definition) is 4. The van der Waals surface area contributed by atoms with Crippen molar-refractivity contribution in [2.75, 3.05) is 13.2 Å². The highest BCUT2D eigenvalue weighted by Crippen LogP contribution is 2.22. The van der Waals surface area contributed by atoms with Crippen molar-refractivity contribution in [2.45, 2.75) is 66.2 Å². The zero-order valence-electron chi connectivity index (χ0n) is 13.4. The van der Waals surface area contributed by atoms with E-state index in [0.29, 0.717) is 19.6 Å². The van der Waals surface area contributed by atoms with E-state index < -0.39 is 5.92 Å². The summed E-state index contributed by atoms with van der Waals surface area (Å²) in [4.78, 5) is 24.0. The molecule has 0 fully saturated rings. The molecule has 2 atom stereocenters. The van der Waals surface area contributed by atoms with Crippen LogP contribution in [-0.4, -0.2) is 25.2 Å². The van der Waals surface area contributed by atoms with Crippen LogP contribution in [0.5, 0.6) is 0 Å². The van der Waals surface area contributed by atoms with Gasteiger partial charge in [-0.2, -0.15) is 0 Å². The minimum absolute atomic E-state index is 0.260. The van der Waals surface area contributed by atoms with E-state index in [-0.39, 0.29) is 17.9 Å². The van der Waals surface area contributed by atoms with Gasteiger partial charge in [-0.3, -0.25) is 9.59 Å². The highest BCUT2D eigenvalue weighted by Gasteiger charge is 2.31. The number of carbonyl (C=O) groups is 2. The third kappa shape index (κ3) is 7.51. The lowest BCUT2D eigenvalue weighted by Crippen LogP contribution is -2.31. The Bertz CT molecular complexity index is 276. The third-order valence-electron chi connectivity index (χ3n) is 3.29. The highest BCUT2D eigenvalue weighted by atomic mass is 16.5.